The number of benzene rings is 2. The average Bonchev–Trinajstić information content (AvgIpc) is 3.61. The van der Waals surface area contributed by atoms with Crippen LogP contribution in [0.4, 0.5) is 11.4 Å². The lowest BCUT2D eigenvalue weighted by Gasteiger charge is -2.64. The van der Waals surface area contributed by atoms with Crippen LogP contribution in [-0.4, -0.2) is 147 Å². The molecule has 394 valence electrons. The molecular formula is C54H76N5O12P. The van der Waals surface area contributed by atoms with Gasteiger partial charge in [-0.25, -0.2) is 0 Å². The van der Waals surface area contributed by atoms with Crippen molar-refractivity contribution in [1.82, 2.24) is 10.2 Å². The number of aliphatic hydroxyl groups is 1. The Morgan fingerprint density at radius 1 is 1.06 bits per heavy atom. The molecule has 72 heavy (non-hydrogen) atoms. The van der Waals surface area contributed by atoms with Gasteiger partial charge in [-0.1, -0.05) is 58.0 Å². The normalized spacial score (nSPS) is 38.3. The topological polar surface area (TPSA) is 201 Å². The van der Waals surface area contributed by atoms with Gasteiger partial charge in [0.15, 0.2) is 6.10 Å². The summed E-state index contributed by atoms with van der Waals surface area (Å²) in [5, 5.41) is 36.3. The van der Waals surface area contributed by atoms with E-state index in [0.29, 0.717) is 68.9 Å². The van der Waals surface area contributed by atoms with E-state index in [0.717, 1.165) is 16.8 Å². The monoisotopic (exact) mass is 1020 g/mol. The minimum Gasteiger partial charge on any atom is -0.633 e. The number of esters is 2. The molecule has 7 aliphatic heterocycles. The van der Waals surface area contributed by atoms with Crippen molar-refractivity contribution < 1.29 is 56.7 Å². The maximum absolute atomic E-state index is 16.0. The summed E-state index contributed by atoms with van der Waals surface area (Å²) in [6.07, 6.45) is 4.90. The number of hydroxylamine groups is 3. The second kappa shape index (κ2) is 18.1. The molecule has 5 fully saturated rings. The molecule has 1 saturated carbocycles. The fraction of sp³-hybridized carbons (Fsp3) is 0.685. The Morgan fingerprint density at radius 3 is 2.44 bits per heavy atom. The highest BCUT2D eigenvalue weighted by atomic mass is 31.2. The number of piperidine rings is 1. The van der Waals surface area contributed by atoms with Gasteiger partial charge in [0.25, 0.3) is 5.91 Å². The van der Waals surface area contributed by atoms with Crippen LogP contribution in [0.15, 0.2) is 48.6 Å². The molecule has 6 unspecified atom stereocenters. The predicted octanol–water partition coefficient (Wildman–Crippen LogP) is 6.50. The lowest BCUT2D eigenvalue weighted by atomic mass is 9.47. The number of quaternary nitrogens is 1. The van der Waals surface area contributed by atoms with Crippen LogP contribution in [-0.2, 0) is 53.0 Å². The number of rotatable bonds is 15. The number of likely N-dealkylation sites (N-methyl/N-ethyl adjacent to an activating group) is 1. The first-order valence-corrected chi connectivity index (χ1v) is 28.0. The highest BCUT2D eigenvalue weighted by Gasteiger charge is 2.80. The van der Waals surface area contributed by atoms with Gasteiger partial charge in [-0.3, -0.25) is 23.8 Å². The van der Waals surface area contributed by atoms with Crippen LogP contribution in [0, 0.1) is 22.5 Å². The van der Waals surface area contributed by atoms with E-state index in [9.17, 15) is 14.5 Å². The summed E-state index contributed by atoms with van der Waals surface area (Å²) < 4.78 is 51.7. The van der Waals surface area contributed by atoms with E-state index in [4.69, 9.17) is 28.0 Å². The highest BCUT2D eigenvalue weighted by molar-refractivity contribution is 7.54. The number of anilines is 2. The number of para-hydroxylation sites is 1. The third-order valence-electron chi connectivity index (χ3n) is 18.6. The molecule has 1 amide bonds. The van der Waals surface area contributed by atoms with Gasteiger partial charge in [0, 0.05) is 78.6 Å². The predicted molar refractivity (Wildman–Crippen MR) is 271 cm³/mol. The van der Waals surface area contributed by atoms with Crippen LogP contribution in [0.3, 0.4) is 0 Å². The number of hydrogen-bond acceptors (Lipinski definition) is 15. The van der Waals surface area contributed by atoms with Gasteiger partial charge in [-0.15, -0.1) is 0 Å². The minimum atomic E-state index is -4.03. The summed E-state index contributed by atoms with van der Waals surface area (Å²) >= 11 is 0. The molecule has 0 radical (unpaired) electrons. The number of nitrogens with one attached hydrogen (secondary N) is 2. The zero-order valence-corrected chi connectivity index (χ0v) is 44.6. The minimum absolute atomic E-state index is 0.0539. The molecule has 2 aromatic carbocycles. The van der Waals surface area contributed by atoms with Crippen molar-refractivity contribution in [2.24, 2.45) is 17.3 Å². The van der Waals surface area contributed by atoms with Gasteiger partial charge < -0.3 is 58.5 Å². The number of carbonyl (C=O) groups excluding carboxylic acids is 3. The van der Waals surface area contributed by atoms with E-state index in [1.807, 2.05) is 69.1 Å². The first kappa shape index (κ1) is 51.4. The Bertz CT molecular complexity index is 2570. The summed E-state index contributed by atoms with van der Waals surface area (Å²) in [5.74, 6) is -3.41. The van der Waals surface area contributed by atoms with Crippen molar-refractivity contribution in [1.29, 1.82) is 0 Å². The van der Waals surface area contributed by atoms with Gasteiger partial charge in [0.05, 0.1) is 52.6 Å². The molecule has 4 saturated heterocycles. The van der Waals surface area contributed by atoms with Crippen LogP contribution >= 0.6 is 7.60 Å². The maximum atomic E-state index is 16.0. The zero-order chi connectivity index (χ0) is 51.6. The number of fused-ring (bicyclic) bond motifs is 8. The summed E-state index contributed by atoms with van der Waals surface area (Å²) in [6.45, 7) is 14.9. The number of methoxy groups -OCH3 is 2. The number of hydrogen-bond donors (Lipinski definition) is 3. The van der Waals surface area contributed by atoms with E-state index < -0.39 is 87.5 Å². The molecule has 2 aromatic rings. The highest BCUT2D eigenvalue weighted by Crippen LogP contribution is 2.69. The number of amides is 1. The van der Waals surface area contributed by atoms with Crippen LogP contribution in [0.5, 0.6) is 5.75 Å². The Hall–Kier alpha value is -4.06. The fourth-order valence-electron chi connectivity index (χ4n) is 16.1. The number of carbonyl (C=O) groups is 3. The van der Waals surface area contributed by atoms with Crippen molar-refractivity contribution in [2.45, 2.75) is 151 Å². The molecule has 14 atom stereocenters. The Kier molecular flexibility index (Phi) is 12.9. The van der Waals surface area contributed by atoms with E-state index >= 15 is 14.8 Å². The molecule has 17 nitrogen and oxygen atoms in total. The second-order valence-corrected chi connectivity index (χ2v) is 24.8. The summed E-state index contributed by atoms with van der Waals surface area (Å²) in [6, 6.07) is 10.0. The molecular weight excluding hydrogens is 942 g/mol. The quantitative estimate of drug-likeness (QED) is 0.0436. The average molecular weight is 1020 g/mol. The van der Waals surface area contributed by atoms with Crippen LogP contribution in [0.25, 0.3) is 0 Å². The number of nitrogens with zero attached hydrogens (tertiary/aromatic N) is 3. The van der Waals surface area contributed by atoms with Crippen LogP contribution < -0.4 is 20.3 Å². The first-order valence-electron chi connectivity index (χ1n) is 26.4. The lowest BCUT2D eigenvalue weighted by Crippen LogP contribution is -2.82. The Balaban J connectivity index is 1.22. The van der Waals surface area contributed by atoms with E-state index in [2.05, 4.69) is 34.6 Å². The van der Waals surface area contributed by atoms with Crippen molar-refractivity contribution in [3.8, 4) is 5.75 Å². The standard InChI is InChI=1S/C54H76N5O12P/c1-11-50-21-17-23-58-24-22-52(45(50)58)37-27-38(53(49(62)67-10)29-34-30-59(64,31-51(12-2)44(34)71-51)25-20-36-35-18-15-16-19-39(35)55-43(36)53)41(66-9)28-40(37)57(8)46(52)54(63,47(50)70-33(7)60)48(61)56-42(26-32(5)6)72(65,68-13-3)69-14-4/h15-19,21,27-28,32,34,36,42-47,55,63H,11-14,20,22-26,29-31H2,1-10H3,(H,56,61)/t34?,36?,42-,43?,44?,45+,46-,47-,50-,51?,52-,53-,54+,59?/m0/s1. The van der Waals surface area contributed by atoms with Crippen LogP contribution in [0.2, 0.25) is 0 Å². The van der Waals surface area contributed by atoms with E-state index in [1.165, 1.54) is 14.0 Å². The molecule has 18 heteroatoms. The molecule has 1 spiro atoms. The SMILES string of the molecule is CCOP(=O)(OCC)[C@@H](CC(C)C)NC(=O)[C@@]1(O)[C@H]2N(C)c3cc(OC)c([C@@]4(C(=O)OC)CC5C[N+]([O-])(CCC6c7ccccc7NC64)CC4(CC)OC54)cc3[C@]23CCN2CC=C[C@@](CC)([C@@H]23)[C@@H]1OC(C)=O. The summed E-state index contributed by atoms with van der Waals surface area (Å²) in [7, 11) is 0.824. The first-order chi connectivity index (χ1) is 34.3. The van der Waals surface area contributed by atoms with E-state index in [1.54, 1.807) is 21.0 Å². The second-order valence-electron chi connectivity index (χ2n) is 22.6. The third-order valence-corrected chi connectivity index (χ3v) is 21.0. The molecule has 0 aromatic heterocycles. The van der Waals surface area contributed by atoms with Gasteiger partial charge in [0.2, 0.25) is 5.60 Å². The molecule has 10 rings (SSSR count). The zero-order valence-electron chi connectivity index (χ0n) is 43.7. The van der Waals surface area contributed by atoms with Gasteiger partial charge in [-0.05, 0) is 81.7 Å². The van der Waals surface area contributed by atoms with Crippen molar-refractivity contribution >= 4 is 36.8 Å². The van der Waals surface area contributed by atoms with Crippen molar-refractivity contribution in [3.63, 3.8) is 0 Å². The lowest BCUT2D eigenvalue weighted by molar-refractivity contribution is -0.890. The van der Waals surface area contributed by atoms with Gasteiger partial charge in [-0.2, -0.15) is 0 Å². The fourth-order valence-corrected chi connectivity index (χ4v) is 18.2. The molecule has 7 heterocycles. The molecule has 3 N–H and O–H groups in total. The Labute approximate surface area is 424 Å². The summed E-state index contributed by atoms with van der Waals surface area (Å²) in [5.41, 5.74) is -2.75. The van der Waals surface area contributed by atoms with Gasteiger partial charge in [0.1, 0.15) is 35.2 Å². The maximum Gasteiger partial charge on any atom is 0.352 e. The number of ether oxygens (including phenoxy) is 4. The smallest absolute Gasteiger partial charge is 0.352 e. The van der Waals surface area contributed by atoms with Crippen molar-refractivity contribution in [2.75, 3.05) is 77.4 Å². The molecule has 2 bridgehead atoms. The molecule has 8 aliphatic rings. The van der Waals surface area contributed by atoms with Crippen LogP contribution in [0.1, 0.15) is 110 Å². The third kappa shape index (κ3) is 7.17. The van der Waals surface area contributed by atoms with Gasteiger partial charge >= 0.3 is 19.5 Å². The molecule has 1 aliphatic carbocycles. The summed E-state index contributed by atoms with van der Waals surface area (Å²) in [4.78, 5) is 49.6. The largest absolute Gasteiger partial charge is 0.633 e. The Morgan fingerprint density at radius 2 is 1.79 bits per heavy atom. The number of epoxide rings is 1. The van der Waals surface area contributed by atoms with E-state index in [-0.39, 0.29) is 56.5 Å². The van der Waals surface area contributed by atoms with Crippen molar-refractivity contribution in [3.05, 3.63) is 70.4 Å².